The first kappa shape index (κ1) is 16.0. The lowest BCUT2D eigenvalue weighted by Gasteiger charge is -2.06. The molecule has 24 heavy (non-hydrogen) atoms. The van der Waals surface area contributed by atoms with Crippen LogP contribution in [0.5, 0.6) is 5.75 Å². The van der Waals surface area contributed by atoms with E-state index in [4.69, 9.17) is 4.74 Å². The van der Waals surface area contributed by atoms with Crippen LogP contribution in [0, 0.1) is 0 Å². The van der Waals surface area contributed by atoms with Crippen LogP contribution >= 0.6 is 0 Å². The van der Waals surface area contributed by atoms with E-state index in [-0.39, 0.29) is 18.3 Å². The molecular formula is C20H19NO3. The third-order valence-corrected chi connectivity index (χ3v) is 3.90. The quantitative estimate of drug-likeness (QED) is 0.861. The number of likely N-dealkylation sites (N-methyl/N-ethyl adjacent to an activating group) is 1. The van der Waals surface area contributed by atoms with Crippen molar-refractivity contribution in [2.24, 2.45) is 0 Å². The van der Waals surface area contributed by atoms with E-state index in [0.29, 0.717) is 18.7 Å². The fourth-order valence-electron chi connectivity index (χ4n) is 2.73. The molecule has 0 aromatic heterocycles. The topological polar surface area (TPSA) is 55.4 Å². The maximum absolute atomic E-state index is 12.4. The van der Waals surface area contributed by atoms with Crippen LogP contribution in [0.4, 0.5) is 0 Å². The van der Waals surface area contributed by atoms with Crippen molar-refractivity contribution in [1.82, 2.24) is 5.32 Å². The lowest BCUT2D eigenvalue weighted by atomic mass is 10.1. The van der Waals surface area contributed by atoms with Gasteiger partial charge in [-0.15, -0.1) is 0 Å². The van der Waals surface area contributed by atoms with Crippen LogP contribution in [-0.4, -0.2) is 24.8 Å². The Bertz CT molecular complexity index is 791. The number of benzene rings is 2. The average molecular weight is 321 g/mol. The van der Waals surface area contributed by atoms with Crippen molar-refractivity contribution in [1.29, 1.82) is 0 Å². The number of carbonyl (C=O) groups is 2. The number of ether oxygens (including phenoxy) is 1. The Labute approximate surface area is 141 Å². The molecule has 2 aromatic rings. The number of rotatable bonds is 5. The standard InChI is InChI=1S/C20H19NO3/c1-2-21-19(22)13-24-17-9-7-14(8-10-17)11-16-12-15-5-3-4-6-18(15)20(16)23/h3-11H,2,12-13H2,1H3,(H,21,22)/b16-11+. The minimum atomic E-state index is -0.141. The van der Waals surface area contributed by atoms with Crippen molar-refractivity contribution in [3.05, 3.63) is 70.8 Å². The Kier molecular flexibility index (Phi) is 4.75. The Balaban J connectivity index is 1.67. The lowest BCUT2D eigenvalue weighted by Crippen LogP contribution is -2.28. The van der Waals surface area contributed by atoms with Crippen molar-refractivity contribution >= 4 is 17.8 Å². The third-order valence-electron chi connectivity index (χ3n) is 3.90. The fourth-order valence-corrected chi connectivity index (χ4v) is 2.73. The normalized spacial score (nSPS) is 14.5. The number of fused-ring (bicyclic) bond motifs is 1. The van der Waals surface area contributed by atoms with Crippen molar-refractivity contribution in [3.63, 3.8) is 0 Å². The van der Waals surface area contributed by atoms with Gasteiger partial charge in [-0.05, 0) is 36.3 Å². The molecule has 0 unspecified atom stereocenters. The fraction of sp³-hybridized carbons (Fsp3) is 0.200. The number of Topliss-reactive ketones (excluding diaryl/α,β-unsaturated/α-hetero) is 1. The molecule has 0 heterocycles. The second-order valence-corrected chi connectivity index (χ2v) is 5.64. The van der Waals surface area contributed by atoms with Crippen LogP contribution in [0.3, 0.4) is 0 Å². The highest BCUT2D eigenvalue weighted by molar-refractivity contribution is 6.15. The Morgan fingerprint density at radius 2 is 1.92 bits per heavy atom. The second-order valence-electron chi connectivity index (χ2n) is 5.64. The molecule has 1 amide bonds. The third kappa shape index (κ3) is 3.54. The molecule has 0 fully saturated rings. The molecule has 0 atom stereocenters. The molecule has 4 nitrogen and oxygen atoms in total. The number of nitrogens with one attached hydrogen (secondary N) is 1. The van der Waals surface area contributed by atoms with Crippen molar-refractivity contribution < 1.29 is 14.3 Å². The van der Waals surface area contributed by atoms with Gasteiger partial charge in [0.25, 0.3) is 5.91 Å². The van der Waals surface area contributed by atoms with E-state index in [0.717, 1.165) is 22.3 Å². The van der Waals surface area contributed by atoms with E-state index in [9.17, 15) is 9.59 Å². The summed E-state index contributed by atoms with van der Waals surface area (Å²) in [6.07, 6.45) is 2.58. The number of amides is 1. The zero-order valence-corrected chi connectivity index (χ0v) is 13.5. The number of hydrogen-bond acceptors (Lipinski definition) is 3. The molecule has 1 aliphatic rings. The van der Waals surface area contributed by atoms with Crippen LogP contribution < -0.4 is 10.1 Å². The predicted molar refractivity (Wildman–Crippen MR) is 93.1 cm³/mol. The summed E-state index contributed by atoms with van der Waals surface area (Å²) in [5, 5.41) is 2.68. The van der Waals surface area contributed by atoms with Crippen molar-refractivity contribution in [2.45, 2.75) is 13.3 Å². The molecule has 4 heteroatoms. The average Bonchev–Trinajstić information content (AvgIpc) is 2.91. The molecule has 0 bridgehead atoms. The van der Waals surface area contributed by atoms with Gasteiger partial charge in [-0.2, -0.15) is 0 Å². The minimum Gasteiger partial charge on any atom is -0.484 e. The summed E-state index contributed by atoms with van der Waals surface area (Å²) in [4.78, 5) is 23.7. The number of ketones is 1. The highest BCUT2D eigenvalue weighted by Crippen LogP contribution is 2.27. The molecule has 0 saturated carbocycles. The summed E-state index contributed by atoms with van der Waals surface area (Å²) in [5.74, 6) is 0.588. The first-order valence-electron chi connectivity index (χ1n) is 8.00. The molecule has 0 aliphatic heterocycles. The highest BCUT2D eigenvalue weighted by Gasteiger charge is 2.23. The number of hydrogen-bond donors (Lipinski definition) is 1. The van der Waals surface area contributed by atoms with Gasteiger partial charge in [-0.25, -0.2) is 0 Å². The predicted octanol–water partition coefficient (Wildman–Crippen LogP) is 3.02. The van der Waals surface area contributed by atoms with Gasteiger partial charge in [-0.3, -0.25) is 9.59 Å². The highest BCUT2D eigenvalue weighted by atomic mass is 16.5. The SMILES string of the molecule is CCNC(=O)COc1ccc(/C=C2\Cc3ccccc3C2=O)cc1. The molecular weight excluding hydrogens is 302 g/mol. The van der Waals surface area contributed by atoms with Crippen LogP contribution in [0.2, 0.25) is 0 Å². The van der Waals surface area contributed by atoms with E-state index < -0.39 is 0 Å². The van der Waals surface area contributed by atoms with Crippen LogP contribution in [0.15, 0.2) is 54.1 Å². The van der Waals surface area contributed by atoms with Gasteiger partial charge in [0, 0.05) is 24.1 Å². The molecule has 122 valence electrons. The zero-order chi connectivity index (χ0) is 16.9. The number of allylic oxidation sites excluding steroid dienone is 1. The van der Waals surface area contributed by atoms with Gasteiger partial charge < -0.3 is 10.1 Å². The largest absolute Gasteiger partial charge is 0.484 e. The van der Waals surface area contributed by atoms with Gasteiger partial charge in [-0.1, -0.05) is 36.4 Å². The zero-order valence-electron chi connectivity index (χ0n) is 13.5. The van der Waals surface area contributed by atoms with E-state index >= 15 is 0 Å². The van der Waals surface area contributed by atoms with Crippen LogP contribution in [0.1, 0.15) is 28.4 Å². The maximum atomic E-state index is 12.4. The molecule has 0 spiro atoms. The Hall–Kier alpha value is -2.88. The smallest absolute Gasteiger partial charge is 0.257 e. The maximum Gasteiger partial charge on any atom is 0.257 e. The lowest BCUT2D eigenvalue weighted by molar-refractivity contribution is -0.122. The minimum absolute atomic E-state index is 0.00205. The molecule has 1 aliphatic carbocycles. The van der Waals surface area contributed by atoms with E-state index in [1.807, 2.05) is 49.4 Å². The summed E-state index contributed by atoms with van der Waals surface area (Å²) in [7, 11) is 0. The summed E-state index contributed by atoms with van der Waals surface area (Å²) < 4.78 is 5.42. The molecule has 0 radical (unpaired) electrons. The van der Waals surface area contributed by atoms with Gasteiger partial charge in [0.05, 0.1) is 0 Å². The van der Waals surface area contributed by atoms with Crippen molar-refractivity contribution in [3.8, 4) is 5.75 Å². The van der Waals surface area contributed by atoms with E-state index in [1.54, 1.807) is 12.1 Å². The summed E-state index contributed by atoms with van der Waals surface area (Å²) >= 11 is 0. The van der Waals surface area contributed by atoms with Crippen molar-refractivity contribution in [2.75, 3.05) is 13.2 Å². The van der Waals surface area contributed by atoms with Gasteiger partial charge in [0.2, 0.25) is 0 Å². The molecule has 0 saturated heterocycles. The summed E-state index contributed by atoms with van der Waals surface area (Å²) in [6.45, 7) is 2.45. The van der Waals surface area contributed by atoms with Crippen LogP contribution in [0.25, 0.3) is 6.08 Å². The first-order valence-corrected chi connectivity index (χ1v) is 8.00. The monoisotopic (exact) mass is 321 g/mol. The molecule has 3 rings (SSSR count). The van der Waals surface area contributed by atoms with E-state index in [1.165, 1.54) is 0 Å². The Morgan fingerprint density at radius 1 is 1.17 bits per heavy atom. The number of carbonyl (C=O) groups excluding carboxylic acids is 2. The molecule has 2 aromatic carbocycles. The van der Waals surface area contributed by atoms with Crippen LogP contribution in [-0.2, 0) is 11.2 Å². The van der Waals surface area contributed by atoms with Gasteiger partial charge in [0.1, 0.15) is 5.75 Å². The van der Waals surface area contributed by atoms with Gasteiger partial charge >= 0.3 is 0 Å². The summed E-state index contributed by atoms with van der Waals surface area (Å²) in [5.41, 5.74) is 3.62. The molecule has 1 N–H and O–H groups in total. The van der Waals surface area contributed by atoms with Gasteiger partial charge in [0.15, 0.2) is 12.4 Å². The first-order chi connectivity index (χ1) is 11.7. The second kappa shape index (κ2) is 7.13. The Morgan fingerprint density at radius 3 is 2.62 bits per heavy atom. The summed E-state index contributed by atoms with van der Waals surface area (Å²) in [6, 6.07) is 15.1. The van der Waals surface area contributed by atoms with E-state index in [2.05, 4.69) is 5.32 Å².